The predicted molar refractivity (Wildman–Crippen MR) is 82.8 cm³/mol. The quantitative estimate of drug-likeness (QED) is 0.872. The van der Waals surface area contributed by atoms with Crippen molar-refractivity contribution in [2.75, 3.05) is 0 Å². The van der Waals surface area contributed by atoms with Gasteiger partial charge in [0.25, 0.3) is 5.91 Å². The van der Waals surface area contributed by atoms with Gasteiger partial charge in [0.05, 0.1) is 9.79 Å². The van der Waals surface area contributed by atoms with Gasteiger partial charge >= 0.3 is 0 Å². The van der Waals surface area contributed by atoms with E-state index in [0.29, 0.717) is 12.2 Å². The number of sulfone groups is 1. The van der Waals surface area contributed by atoms with Gasteiger partial charge in [0.2, 0.25) is 9.84 Å². The van der Waals surface area contributed by atoms with E-state index < -0.39 is 21.8 Å². The highest BCUT2D eigenvalue weighted by atomic mass is 32.2. The van der Waals surface area contributed by atoms with Crippen LogP contribution < -0.4 is 10.5 Å². The highest BCUT2D eigenvalue weighted by Gasteiger charge is 2.19. The summed E-state index contributed by atoms with van der Waals surface area (Å²) in [7, 11) is -3.69. The molecular formula is C16H16NO5S. The molecule has 0 fully saturated rings. The fourth-order valence-electron chi connectivity index (χ4n) is 1.95. The van der Waals surface area contributed by atoms with Crippen molar-refractivity contribution in [3.05, 3.63) is 48.5 Å². The van der Waals surface area contributed by atoms with Gasteiger partial charge in [-0.15, -0.1) is 0 Å². The number of benzene rings is 2. The number of aromatic hydroxyl groups is 1. The van der Waals surface area contributed by atoms with E-state index in [1.165, 1.54) is 48.5 Å². The van der Waals surface area contributed by atoms with Gasteiger partial charge < -0.3 is 9.84 Å². The van der Waals surface area contributed by atoms with Gasteiger partial charge in [0.15, 0.2) is 6.10 Å². The zero-order chi connectivity index (χ0) is 17.0. The van der Waals surface area contributed by atoms with Crippen molar-refractivity contribution < 1.29 is 23.1 Å². The molecule has 0 aliphatic carbocycles. The average molecular weight is 334 g/mol. The molecule has 7 heteroatoms. The number of phenolic OH excluding ortho intramolecular Hbond substituents is 1. The van der Waals surface area contributed by atoms with Gasteiger partial charge in [-0.05, 0) is 55.0 Å². The Kier molecular flexibility index (Phi) is 4.90. The third-order valence-corrected chi connectivity index (χ3v) is 5.01. The molecule has 0 aromatic heterocycles. The van der Waals surface area contributed by atoms with Crippen LogP contribution in [0.5, 0.6) is 11.5 Å². The topological polar surface area (TPSA) is 104 Å². The first-order chi connectivity index (χ1) is 10.8. The Bertz CT molecular complexity index is 782. The second-order valence-corrected chi connectivity index (χ2v) is 6.80. The Labute approximate surface area is 134 Å². The molecule has 1 unspecified atom stereocenters. The molecule has 6 nitrogen and oxygen atoms in total. The van der Waals surface area contributed by atoms with Crippen molar-refractivity contribution in [1.82, 2.24) is 5.73 Å². The normalized spacial score (nSPS) is 12.6. The van der Waals surface area contributed by atoms with Crippen LogP contribution in [0.15, 0.2) is 58.3 Å². The summed E-state index contributed by atoms with van der Waals surface area (Å²) < 4.78 is 30.2. The summed E-state index contributed by atoms with van der Waals surface area (Å²) in [6.07, 6.45) is -0.509. The molecule has 0 saturated heterocycles. The van der Waals surface area contributed by atoms with Crippen LogP contribution in [0, 0.1) is 0 Å². The minimum atomic E-state index is -3.69. The van der Waals surface area contributed by atoms with Crippen LogP contribution in [0.4, 0.5) is 0 Å². The molecule has 2 rings (SSSR count). The van der Waals surface area contributed by atoms with Crippen molar-refractivity contribution in [3.63, 3.8) is 0 Å². The molecule has 1 radical (unpaired) electrons. The number of carbonyl (C=O) groups excluding carboxylic acids is 1. The number of phenols is 1. The van der Waals surface area contributed by atoms with Crippen molar-refractivity contribution in [2.45, 2.75) is 29.2 Å². The van der Waals surface area contributed by atoms with Gasteiger partial charge in [0.1, 0.15) is 11.5 Å². The standard InChI is InChI=1S/C16H16NO5S/c1-2-15(16(17)19)22-12-5-9-14(10-6-12)23(20,21)13-7-3-11(18)4-8-13/h3-10,15,17-18H,2H2,1H3. The number of ether oxygens (including phenoxy) is 1. The molecule has 0 saturated carbocycles. The first kappa shape index (κ1) is 16.8. The van der Waals surface area contributed by atoms with E-state index in [9.17, 15) is 18.3 Å². The zero-order valence-electron chi connectivity index (χ0n) is 12.4. The van der Waals surface area contributed by atoms with Crippen LogP contribution in [0.25, 0.3) is 0 Å². The minimum absolute atomic E-state index is 0.0154. The molecule has 2 N–H and O–H groups in total. The maximum absolute atomic E-state index is 12.4. The molecule has 0 heterocycles. The third kappa shape index (κ3) is 3.81. The average Bonchev–Trinajstić information content (AvgIpc) is 2.53. The Hall–Kier alpha value is -2.54. The van der Waals surface area contributed by atoms with Gasteiger partial charge in [-0.2, -0.15) is 0 Å². The molecule has 0 spiro atoms. The van der Waals surface area contributed by atoms with E-state index >= 15 is 0 Å². The highest BCUT2D eigenvalue weighted by molar-refractivity contribution is 7.91. The molecule has 0 bridgehead atoms. The second-order valence-electron chi connectivity index (χ2n) is 4.85. The lowest BCUT2D eigenvalue weighted by atomic mass is 10.2. The van der Waals surface area contributed by atoms with Gasteiger partial charge in [-0.1, -0.05) is 6.92 Å². The molecule has 1 atom stereocenters. The van der Waals surface area contributed by atoms with Crippen molar-refractivity contribution in [1.29, 1.82) is 0 Å². The zero-order valence-corrected chi connectivity index (χ0v) is 13.2. The fraction of sp³-hybridized carbons (Fsp3) is 0.188. The number of rotatable bonds is 6. The SMILES string of the molecule is CCC(Oc1ccc(S(=O)(=O)c2ccc(O)cc2)cc1)C([NH])=O. The first-order valence-electron chi connectivity index (χ1n) is 6.91. The summed E-state index contributed by atoms with van der Waals surface area (Å²) >= 11 is 0. The highest BCUT2D eigenvalue weighted by Crippen LogP contribution is 2.25. The number of hydrogen-bond acceptors (Lipinski definition) is 5. The number of amides is 1. The van der Waals surface area contributed by atoms with Gasteiger partial charge in [-0.25, -0.2) is 8.42 Å². The maximum Gasteiger partial charge on any atom is 0.279 e. The van der Waals surface area contributed by atoms with E-state index in [1.807, 2.05) is 0 Å². The van der Waals surface area contributed by atoms with Crippen LogP contribution in [-0.2, 0) is 14.6 Å². The lowest BCUT2D eigenvalue weighted by molar-refractivity contribution is -0.125. The summed E-state index contributed by atoms with van der Waals surface area (Å²) in [4.78, 5) is 11.2. The van der Waals surface area contributed by atoms with Crippen molar-refractivity contribution in [3.8, 4) is 11.5 Å². The van der Waals surface area contributed by atoms with Crippen molar-refractivity contribution in [2.24, 2.45) is 0 Å². The molecule has 23 heavy (non-hydrogen) atoms. The minimum Gasteiger partial charge on any atom is -0.508 e. The van der Waals surface area contributed by atoms with Gasteiger partial charge in [0, 0.05) is 0 Å². The van der Waals surface area contributed by atoms with Crippen molar-refractivity contribution >= 4 is 15.7 Å². The lowest BCUT2D eigenvalue weighted by Crippen LogP contribution is -2.27. The molecule has 1 amide bonds. The van der Waals surface area contributed by atoms with Crippen LogP contribution in [-0.4, -0.2) is 25.5 Å². The number of hydrogen-bond donors (Lipinski definition) is 1. The molecule has 2 aromatic rings. The van der Waals surface area contributed by atoms with Crippen LogP contribution in [0.3, 0.4) is 0 Å². The Morgan fingerprint density at radius 1 is 1.09 bits per heavy atom. The van der Waals surface area contributed by atoms with Crippen LogP contribution in [0.2, 0.25) is 0 Å². The van der Waals surface area contributed by atoms with E-state index in [2.05, 4.69) is 0 Å². The second kappa shape index (κ2) is 6.70. The molecule has 2 aromatic carbocycles. The van der Waals surface area contributed by atoms with Crippen LogP contribution >= 0.6 is 0 Å². The predicted octanol–water partition coefficient (Wildman–Crippen LogP) is 2.19. The maximum atomic E-state index is 12.4. The van der Waals surface area contributed by atoms with Crippen LogP contribution in [0.1, 0.15) is 13.3 Å². The summed E-state index contributed by atoms with van der Waals surface area (Å²) in [5, 5.41) is 9.23. The first-order valence-corrected chi connectivity index (χ1v) is 8.39. The Morgan fingerprint density at radius 3 is 2.00 bits per heavy atom. The summed E-state index contributed by atoms with van der Waals surface area (Å²) in [5.41, 5.74) is 7.08. The Morgan fingerprint density at radius 2 is 1.57 bits per heavy atom. The lowest BCUT2D eigenvalue weighted by Gasteiger charge is -2.13. The number of nitrogens with one attached hydrogen (secondary N) is 1. The monoisotopic (exact) mass is 334 g/mol. The van der Waals surface area contributed by atoms with E-state index in [1.54, 1.807) is 6.92 Å². The Balaban J connectivity index is 2.25. The van der Waals surface area contributed by atoms with Gasteiger partial charge in [-0.3, -0.25) is 10.5 Å². The summed E-state index contributed by atoms with van der Waals surface area (Å²) in [6, 6.07) is 10.9. The summed E-state index contributed by atoms with van der Waals surface area (Å²) in [5.74, 6) is -0.520. The largest absolute Gasteiger partial charge is 0.508 e. The van der Waals surface area contributed by atoms with E-state index in [0.717, 1.165) is 0 Å². The fourth-order valence-corrected chi connectivity index (χ4v) is 3.21. The smallest absolute Gasteiger partial charge is 0.279 e. The molecule has 0 aliphatic heterocycles. The molecule has 0 aliphatic rings. The number of carbonyl (C=O) groups is 1. The molecular weight excluding hydrogens is 318 g/mol. The van der Waals surface area contributed by atoms with E-state index in [-0.39, 0.29) is 15.5 Å². The summed E-state index contributed by atoms with van der Waals surface area (Å²) in [6.45, 7) is 1.72. The third-order valence-electron chi connectivity index (χ3n) is 3.22. The van der Waals surface area contributed by atoms with E-state index in [4.69, 9.17) is 10.5 Å². The molecule has 121 valence electrons.